The fraction of sp³-hybridized carbons (Fsp3) is 0.647. The second-order valence-corrected chi connectivity index (χ2v) is 6.79. The fourth-order valence-corrected chi connectivity index (χ4v) is 3.93. The lowest BCUT2D eigenvalue weighted by Gasteiger charge is -2.25. The van der Waals surface area contributed by atoms with Gasteiger partial charge in [0.25, 0.3) is 0 Å². The Balaban J connectivity index is 2.07. The minimum absolute atomic E-state index is 0.428. The van der Waals surface area contributed by atoms with Crippen LogP contribution in [0.3, 0.4) is 0 Å². The van der Waals surface area contributed by atoms with Crippen molar-refractivity contribution in [2.24, 2.45) is 5.92 Å². The summed E-state index contributed by atoms with van der Waals surface area (Å²) in [7, 11) is 0. The van der Waals surface area contributed by atoms with Crippen molar-refractivity contribution in [2.75, 3.05) is 6.61 Å². The number of aryl methyl sites for hydroxylation is 1. The van der Waals surface area contributed by atoms with Crippen molar-refractivity contribution in [2.45, 2.75) is 57.2 Å². The van der Waals surface area contributed by atoms with Crippen LogP contribution in [0.1, 0.15) is 61.4 Å². The van der Waals surface area contributed by atoms with Gasteiger partial charge in [0.05, 0.1) is 6.61 Å². The first kappa shape index (κ1) is 14.9. The van der Waals surface area contributed by atoms with Crippen molar-refractivity contribution in [3.8, 4) is 5.75 Å². The highest BCUT2D eigenvalue weighted by Crippen LogP contribution is 2.40. The number of hydrogen-bond donors (Lipinski definition) is 0. The fourth-order valence-electron chi connectivity index (χ4n) is 3.04. The maximum atomic E-state index is 5.77. The second kappa shape index (κ2) is 7.33. The zero-order valence-electron chi connectivity index (χ0n) is 12.1. The molecular weight excluding hydrogens is 300 g/mol. The average Bonchev–Trinajstić information content (AvgIpc) is 2.42. The van der Waals surface area contributed by atoms with Gasteiger partial charge in [-0.2, -0.15) is 0 Å². The summed E-state index contributed by atoms with van der Waals surface area (Å²) in [6, 6.07) is 6.52. The molecule has 2 rings (SSSR count). The van der Waals surface area contributed by atoms with Gasteiger partial charge in [-0.1, -0.05) is 65.7 Å². The van der Waals surface area contributed by atoms with Crippen molar-refractivity contribution < 1.29 is 4.74 Å². The van der Waals surface area contributed by atoms with Crippen molar-refractivity contribution in [1.82, 2.24) is 0 Å². The zero-order chi connectivity index (χ0) is 13.7. The number of ether oxygens (including phenoxy) is 1. The van der Waals surface area contributed by atoms with E-state index in [1.54, 1.807) is 0 Å². The summed E-state index contributed by atoms with van der Waals surface area (Å²) in [6.07, 6.45) is 8.30. The molecule has 1 aromatic carbocycles. The predicted octanol–water partition coefficient (Wildman–Crippen LogP) is 5.80. The maximum Gasteiger partial charge on any atom is 0.123 e. The van der Waals surface area contributed by atoms with Crippen molar-refractivity contribution in [1.29, 1.82) is 0 Å². The quantitative estimate of drug-likeness (QED) is 0.622. The van der Waals surface area contributed by atoms with E-state index in [4.69, 9.17) is 4.74 Å². The molecule has 0 amide bonds. The molecule has 0 radical (unpaired) electrons. The lowest BCUT2D eigenvalue weighted by molar-refractivity contribution is 0.324. The summed E-state index contributed by atoms with van der Waals surface area (Å²) in [5.74, 6) is 1.93. The minimum Gasteiger partial charge on any atom is -0.494 e. The Kier molecular flexibility index (Phi) is 5.75. The van der Waals surface area contributed by atoms with Crippen LogP contribution in [0.2, 0.25) is 0 Å². The van der Waals surface area contributed by atoms with Crippen LogP contribution in [-0.4, -0.2) is 6.61 Å². The molecule has 1 aromatic rings. The van der Waals surface area contributed by atoms with Crippen LogP contribution in [0.5, 0.6) is 5.75 Å². The molecular formula is C17H25BrO. The molecule has 1 nitrogen and oxygen atoms in total. The van der Waals surface area contributed by atoms with Gasteiger partial charge in [-0.05, 0) is 32.3 Å². The molecule has 1 saturated carbocycles. The number of hydrogen-bond acceptors (Lipinski definition) is 1. The molecule has 0 spiro atoms. The molecule has 0 aliphatic heterocycles. The van der Waals surface area contributed by atoms with E-state index in [9.17, 15) is 0 Å². The van der Waals surface area contributed by atoms with Gasteiger partial charge < -0.3 is 4.74 Å². The van der Waals surface area contributed by atoms with Crippen LogP contribution in [0.25, 0.3) is 0 Å². The maximum absolute atomic E-state index is 5.77. The molecule has 106 valence electrons. The Morgan fingerprint density at radius 3 is 2.68 bits per heavy atom. The Hall–Kier alpha value is -0.500. The summed E-state index contributed by atoms with van der Waals surface area (Å²) in [4.78, 5) is 0.428. The highest BCUT2D eigenvalue weighted by molar-refractivity contribution is 9.09. The van der Waals surface area contributed by atoms with E-state index in [-0.39, 0.29) is 0 Å². The van der Waals surface area contributed by atoms with Crippen LogP contribution < -0.4 is 4.74 Å². The van der Waals surface area contributed by atoms with Gasteiger partial charge in [-0.25, -0.2) is 0 Å². The Labute approximate surface area is 125 Å². The molecule has 1 fully saturated rings. The molecule has 19 heavy (non-hydrogen) atoms. The first-order valence-corrected chi connectivity index (χ1v) is 8.49. The SMILES string of the molecule is CCOc1ccc(C)cc1C(Br)CC1CCCCC1. The number of benzene rings is 1. The van der Waals surface area contributed by atoms with Gasteiger partial charge in [0, 0.05) is 10.4 Å². The number of rotatable bonds is 5. The molecule has 1 atom stereocenters. The molecule has 2 heteroatoms. The van der Waals surface area contributed by atoms with Crippen LogP contribution >= 0.6 is 15.9 Å². The third-order valence-electron chi connectivity index (χ3n) is 4.07. The van der Waals surface area contributed by atoms with E-state index >= 15 is 0 Å². The van der Waals surface area contributed by atoms with Crippen LogP contribution in [0.4, 0.5) is 0 Å². The first-order valence-electron chi connectivity index (χ1n) is 7.58. The topological polar surface area (TPSA) is 9.23 Å². The van der Waals surface area contributed by atoms with Crippen LogP contribution in [0, 0.1) is 12.8 Å². The Bertz CT molecular complexity index is 396. The smallest absolute Gasteiger partial charge is 0.123 e. The standard InChI is InChI=1S/C17H25BrO/c1-3-19-17-10-9-13(2)11-15(17)16(18)12-14-7-5-4-6-8-14/h9-11,14,16H,3-8,12H2,1-2H3. The van der Waals surface area contributed by atoms with Crippen molar-refractivity contribution in [3.05, 3.63) is 29.3 Å². The molecule has 1 unspecified atom stereocenters. The molecule has 0 saturated heterocycles. The number of alkyl halides is 1. The summed E-state index contributed by atoms with van der Waals surface area (Å²) in [6.45, 7) is 4.94. The lowest BCUT2D eigenvalue weighted by atomic mass is 9.85. The van der Waals surface area contributed by atoms with Gasteiger partial charge in [0.1, 0.15) is 5.75 Å². The molecule has 0 aromatic heterocycles. The monoisotopic (exact) mass is 324 g/mol. The summed E-state index contributed by atoms with van der Waals surface area (Å²) in [5, 5.41) is 0. The molecule has 0 bridgehead atoms. The minimum atomic E-state index is 0.428. The van der Waals surface area contributed by atoms with E-state index in [0.29, 0.717) is 4.83 Å². The Morgan fingerprint density at radius 2 is 2.00 bits per heavy atom. The second-order valence-electron chi connectivity index (χ2n) is 5.68. The normalized spacial score (nSPS) is 18.3. The largest absolute Gasteiger partial charge is 0.494 e. The van der Waals surface area contributed by atoms with Gasteiger partial charge >= 0.3 is 0 Å². The zero-order valence-corrected chi connectivity index (χ0v) is 13.7. The first-order chi connectivity index (χ1) is 9.20. The van der Waals surface area contributed by atoms with Gasteiger partial charge in [0.2, 0.25) is 0 Å². The van der Waals surface area contributed by atoms with E-state index in [1.165, 1.54) is 49.7 Å². The molecule has 0 N–H and O–H groups in total. The molecule has 1 aliphatic rings. The van der Waals surface area contributed by atoms with Crippen LogP contribution in [0.15, 0.2) is 18.2 Å². The molecule has 1 aliphatic carbocycles. The lowest BCUT2D eigenvalue weighted by Crippen LogP contribution is -2.09. The summed E-state index contributed by atoms with van der Waals surface area (Å²) in [5.41, 5.74) is 2.64. The van der Waals surface area contributed by atoms with Gasteiger partial charge in [-0.3, -0.25) is 0 Å². The van der Waals surface area contributed by atoms with E-state index in [0.717, 1.165) is 18.3 Å². The van der Waals surface area contributed by atoms with Crippen molar-refractivity contribution in [3.63, 3.8) is 0 Å². The third kappa shape index (κ3) is 4.24. The van der Waals surface area contributed by atoms with E-state index < -0.39 is 0 Å². The third-order valence-corrected chi connectivity index (χ3v) is 4.93. The number of halogens is 1. The molecule has 0 heterocycles. The average molecular weight is 325 g/mol. The summed E-state index contributed by atoms with van der Waals surface area (Å²) >= 11 is 3.90. The van der Waals surface area contributed by atoms with Crippen molar-refractivity contribution >= 4 is 15.9 Å². The van der Waals surface area contributed by atoms with Gasteiger partial charge in [0.15, 0.2) is 0 Å². The highest BCUT2D eigenvalue weighted by Gasteiger charge is 2.20. The predicted molar refractivity (Wildman–Crippen MR) is 85.2 cm³/mol. The van der Waals surface area contributed by atoms with Crippen LogP contribution in [-0.2, 0) is 0 Å². The summed E-state index contributed by atoms with van der Waals surface area (Å²) < 4.78 is 5.77. The van der Waals surface area contributed by atoms with Gasteiger partial charge in [-0.15, -0.1) is 0 Å². The van der Waals surface area contributed by atoms with E-state index in [1.807, 2.05) is 6.92 Å². The Morgan fingerprint density at radius 1 is 1.26 bits per heavy atom. The highest BCUT2D eigenvalue weighted by atomic mass is 79.9. The van der Waals surface area contributed by atoms with E-state index in [2.05, 4.69) is 41.1 Å².